The summed E-state index contributed by atoms with van der Waals surface area (Å²) in [5, 5.41) is 19.4. The van der Waals surface area contributed by atoms with Gasteiger partial charge >= 0.3 is 0 Å². The van der Waals surface area contributed by atoms with Gasteiger partial charge in [-0.15, -0.1) is 0 Å². The molecule has 22 heavy (non-hydrogen) atoms. The standard InChI is InChI=1S/C20H34O2/c1-14(8-11-21)6-9-19(4)15(2)7-10-20(5)16(3)12-17(22)13-18(19)20/h8,12,15,17-18,21-22H,6-7,9-11,13H2,1-5H3. The third-order valence-corrected chi connectivity index (χ3v) is 7.11. The topological polar surface area (TPSA) is 40.5 Å². The van der Waals surface area contributed by atoms with E-state index in [9.17, 15) is 5.11 Å². The van der Waals surface area contributed by atoms with Gasteiger partial charge in [0.15, 0.2) is 0 Å². The van der Waals surface area contributed by atoms with E-state index in [2.05, 4.69) is 40.7 Å². The van der Waals surface area contributed by atoms with Crippen molar-refractivity contribution < 1.29 is 10.2 Å². The van der Waals surface area contributed by atoms with Gasteiger partial charge in [0.25, 0.3) is 0 Å². The van der Waals surface area contributed by atoms with Crippen LogP contribution in [-0.2, 0) is 0 Å². The SMILES string of the molecule is CC(=CCO)CCC1(C)C(C)CCC2(C)C(C)=CC(O)CC21. The van der Waals surface area contributed by atoms with Crippen molar-refractivity contribution in [2.45, 2.75) is 72.8 Å². The smallest absolute Gasteiger partial charge is 0.0726 e. The third kappa shape index (κ3) is 3.05. The highest BCUT2D eigenvalue weighted by atomic mass is 16.3. The molecule has 0 aliphatic heterocycles. The molecule has 0 aromatic rings. The molecular formula is C20H34O2. The highest BCUT2D eigenvalue weighted by Gasteiger charge is 2.53. The molecule has 2 nitrogen and oxygen atoms in total. The fraction of sp³-hybridized carbons (Fsp3) is 0.800. The fourth-order valence-electron chi connectivity index (χ4n) is 5.03. The summed E-state index contributed by atoms with van der Waals surface area (Å²) in [5.41, 5.74) is 3.17. The first kappa shape index (κ1) is 17.7. The van der Waals surface area contributed by atoms with Gasteiger partial charge in [0.1, 0.15) is 0 Å². The van der Waals surface area contributed by atoms with Gasteiger partial charge in [0.2, 0.25) is 0 Å². The van der Waals surface area contributed by atoms with Gasteiger partial charge in [-0.3, -0.25) is 0 Å². The van der Waals surface area contributed by atoms with E-state index < -0.39 is 0 Å². The predicted octanol–water partition coefficient (Wildman–Crippen LogP) is 4.47. The quantitative estimate of drug-likeness (QED) is 0.752. The lowest BCUT2D eigenvalue weighted by Crippen LogP contribution is -2.51. The van der Waals surface area contributed by atoms with Crippen LogP contribution in [0.25, 0.3) is 0 Å². The van der Waals surface area contributed by atoms with Gasteiger partial charge in [-0.1, -0.05) is 44.1 Å². The minimum atomic E-state index is -0.281. The van der Waals surface area contributed by atoms with Crippen molar-refractivity contribution >= 4 is 0 Å². The molecule has 0 saturated heterocycles. The average Bonchev–Trinajstić information content (AvgIpc) is 2.45. The Morgan fingerprint density at radius 3 is 2.73 bits per heavy atom. The predicted molar refractivity (Wildman–Crippen MR) is 92.6 cm³/mol. The number of hydrogen-bond acceptors (Lipinski definition) is 2. The van der Waals surface area contributed by atoms with E-state index in [0.29, 0.717) is 11.8 Å². The molecule has 2 aliphatic rings. The lowest BCUT2D eigenvalue weighted by atomic mass is 9.46. The Hall–Kier alpha value is -0.600. The summed E-state index contributed by atoms with van der Waals surface area (Å²) in [6, 6.07) is 0. The van der Waals surface area contributed by atoms with Crippen LogP contribution in [0.3, 0.4) is 0 Å². The summed E-state index contributed by atoms with van der Waals surface area (Å²) in [6.45, 7) is 11.7. The zero-order chi connectivity index (χ0) is 16.5. The van der Waals surface area contributed by atoms with Gasteiger partial charge in [-0.05, 0) is 68.6 Å². The molecule has 0 bridgehead atoms. The number of hydrogen-bond donors (Lipinski definition) is 2. The lowest BCUT2D eigenvalue weighted by molar-refractivity contribution is -0.0650. The maximum Gasteiger partial charge on any atom is 0.0726 e. The number of allylic oxidation sites excluding steroid dienone is 2. The summed E-state index contributed by atoms with van der Waals surface area (Å²) in [6.07, 6.45) is 9.35. The van der Waals surface area contributed by atoms with Crippen LogP contribution < -0.4 is 0 Å². The van der Waals surface area contributed by atoms with E-state index in [1.807, 2.05) is 6.08 Å². The van der Waals surface area contributed by atoms with E-state index in [1.165, 1.54) is 24.0 Å². The Morgan fingerprint density at radius 1 is 1.41 bits per heavy atom. The maximum absolute atomic E-state index is 10.3. The van der Waals surface area contributed by atoms with Crippen LogP contribution in [0.2, 0.25) is 0 Å². The summed E-state index contributed by atoms with van der Waals surface area (Å²) >= 11 is 0. The molecular weight excluding hydrogens is 272 g/mol. The minimum Gasteiger partial charge on any atom is -0.392 e. The Bertz CT molecular complexity index is 464. The Balaban J connectivity index is 2.28. The molecule has 0 heterocycles. The molecule has 2 N–H and O–H groups in total. The highest BCUT2D eigenvalue weighted by molar-refractivity contribution is 5.23. The van der Waals surface area contributed by atoms with Crippen LogP contribution >= 0.6 is 0 Å². The monoisotopic (exact) mass is 306 g/mol. The second-order valence-corrected chi connectivity index (χ2v) is 8.30. The first-order valence-electron chi connectivity index (χ1n) is 8.87. The van der Waals surface area contributed by atoms with E-state index in [0.717, 1.165) is 19.3 Å². The maximum atomic E-state index is 10.3. The van der Waals surface area contributed by atoms with Gasteiger partial charge < -0.3 is 10.2 Å². The number of aliphatic hydroxyl groups is 2. The van der Waals surface area contributed by atoms with Gasteiger partial charge in [0, 0.05) is 0 Å². The molecule has 0 aromatic heterocycles. The molecule has 1 fully saturated rings. The van der Waals surface area contributed by atoms with E-state index >= 15 is 0 Å². The average molecular weight is 306 g/mol. The molecule has 5 unspecified atom stereocenters. The van der Waals surface area contributed by atoms with Crippen LogP contribution in [-0.4, -0.2) is 22.9 Å². The summed E-state index contributed by atoms with van der Waals surface area (Å²) < 4.78 is 0. The Morgan fingerprint density at radius 2 is 2.09 bits per heavy atom. The Labute approximate surface area is 136 Å². The summed E-state index contributed by atoms with van der Waals surface area (Å²) in [7, 11) is 0. The van der Waals surface area contributed by atoms with E-state index in [1.54, 1.807) is 0 Å². The summed E-state index contributed by atoms with van der Waals surface area (Å²) in [4.78, 5) is 0. The zero-order valence-corrected chi connectivity index (χ0v) is 15.0. The van der Waals surface area contributed by atoms with Crippen molar-refractivity contribution in [2.75, 3.05) is 6.61 Å². The molecule has 0 radical (unpaired) electrons. The molecule has 2 heteroatoms. The number of rotatable bonds is 4. The minimum absolute atomic E-state index is 0.139. The molecule has 5 atom stereocenters. The fourth-order valence-corrected chi connectivity index (χ4v) is 5.03. The van der Waals surface area contributed by atoms with Crippen LogP contribution in [0.5, 0.6) is 0 Å². The summed E-state index contributed by atoms with van der Waals surface area (Å²) in [5.74, 6) is 1.23. The van der Waals surface area contributed by atoms with Crippen molar-refractivity contribution in [1.29, 1.82) is 0 Å². The molecule has 0 aromatic carbocycles. The van der Waals surface area contributed by atoms with Crippen LogP contribution in [0, 0.1) is 22.7 Å². The first-order valence-corrected chi connectivity index (χ1v) is 8.87. The number of fused-ring (bicyclic) bond motifs is 1. The lowest BCUT2D eigenvalue weighted by Gasteiger charge is -2.58. The van der Waals surface area contributed by atoms with Crippen molar-refractivity contribution in [3.63, 3.8) is 0 Å². The second kappa shape index (κ2) is 6.49. The number of aliphatic hydroxyl groups excluding tert-OH is 2. The Kier molecular flexibility index (Phi) is 5.23. The van der Waals surface area contributed by atoms with Gasteiger partial charge in [-0.25, -0.2) is 0 Å². The van der Waals surface area contributed by atoms with E-state index in [-0.39, 0.29) is 23.5 Å². The second-order valence-electron chi connectivity index (χ2n) is 8.30. The zero-order valence-electron chi connectivity index (χ0n) is 15.0. The molecule has 1 saturated carbocycles. The molecule has 0 spiro atoms. The first-order chi connectivity index (χ1) is 10.2. The van der Waals surface area contributed by atoms with Crippen LogP contribution in [0.1, 0.15) is 66.7 Å². The van der Waals surface area contributed by atoms with Crippen molar-refractivity contribution in [3.8, 4) is 0 Å². The van der Waals surface area contributed by atoms with Crippen molar-refractivity contribution in [1.82, 2.24) is 0 Å². The van der Waals surface area contributed by atoms with Gasteiger partial charge in [-0.2, -0.15) is 0 Å². The largest absolute Gasteiger partial charge is 0.392 e. The highest BCUT2D eigenvalue weighted by Crippen LogP contribution is 2.61. The van der Waals surface area contributed by atoms with Gasteiger partial charge in [0.05, 0.1) is 12.7 Å². The van der Waals surface area contributed by atoms with E-state index in [4.69, 9.17) is 5.11 Å². The van der Waals surface area contributed by atoms with Crippen molar-refractivity contribution in [3.05, 3.63) is 23.3 Å². The molecule has 126 valence electrons. The van der Waals surface area contributed by atoms with Crippen molar-refractivity contribution in [2.24, 2.45) is 22.7 Å². The molecule has 2 aliphatic carbocycles. The molecule has 0 amide bonds. The third-order valence-electron chi connectivity index (χ3n) is 7.11. The van der Waals surface area contributed by atoms with Crippen LogP contribution in [0.4, 0.5) is 0 Å². The molecule has 2 rings (SSSR count). The van der Waals surface area contributed by atoms with Crippen LogP contribution in [0.15, 0.2) is 23.3 Å². The normalized spacial score (nSPS) is 42.8.